The van der Waals surface area contributed by atoms with Crippen LogP contribution in [0.15, 0.2) is 30.3 Å². The normalized spacial score (nSPS) is 22.5. The average Bonchev–Trinajstić information content (AvgIpc) is 3.35. The molecule has 1 amide bonds. The zero-order valence-corrected chi connectivity index (χ0v) is 12.4. The summed E-state index contributed by atoms with van der Waals surface area (Å²) >= 11 is 0. The summed E-state index contributed by atoms with van der Waals surface area (Å²) in [6.07, 6.45) is 4.06. The third-order valence-electron chi connectivity index (χ3n) is 4.92. The quantitative estimate of drug-likeness (QED) is 0.865. The number of carbonyl (C=O) groups excluding carboxylic acids is 1. The Balaban J connectivity index is 1.54. The minimum Gasteiger partial charge on any atom is -0.381 e. The van der Waals surface area contributed by atoms with Crippen molar-refractivity contribution in [2.75, 3.05) is 19.8 Å². The van der Waals surface area contributed by atoms with Crippen molar-refractivity contribution in [3.8, 4) is 0 Å². The first-order valence-corrected chi connectivity index (χ1v) is 7.88. The van der Waals surface area contributed by atoms with E-state index in [2.05, 4.69) is 29.6 Å². The Hall–Kier alpha value is -1.39. The van der Waals surface area contributed by atoms with E-state index >= 15 is 0 Å². The predicted octanol–water partition coefficient (Wildman–Crippen LogP) is 1.59. The number of amides is 1. The molecule has 1 aliphatic carbocycles. The molecule has 1 aromatic rings. The minimum absolute atomic E-state index is 0.0101. The zero-order valence-electron chi connectivity index (χ0n) is 12.4. The number of benzene rings is 1. The summed E-state index contributed by atoms with van der Waals surface area (Å²) in [6.45, 7) is 2.14. The smallest absolute Gasteiger partial charge is 0.237 e. The highest BCUT2D eigenvalue weighted by Crippen LogP contribution is 2.47. The second-order valence-corrected chi connectivity index (χ2v) is 6.34. The maximum atomic E-state index is 12.3. The van der Waals surface area contributed by atoms with Crippen LogP contribution in [0.25, 0.3) is 0 Å². The van der Waals surface area contributed by atoms with E-state index in [4.69, 9.17) is 10.5 Å². The molecule has 1 aliphatic heterocycles. The molecule has 1 unspecified atom stereocenters. The summed E-state index contributed by atoms with van der Waals surface area (Å²) in [5.74, 6) is 0.245. The van der Waals surface area contributed by atoms with Crippen molar-refractivity contribution in [1.29, 1.82) is 0 Å². The molecule has 3 rings (SSSR count). The fraction of sp³-hybridized carbons (Fsp3) is 0.588. The Labute approximate surface area is 126 Å². The predicted molar refractivity (Wildman–Crippen MR) is 81.9 cm³/mol. The molecule has 4 heteroatoms. The molecule has 1 saturated carbocycles. The Morgan fingerprint density at radius 3 is 2.57 bits per heavy atom. The summed E-state index contributed by atoms with van der Waals surface area (Å²) < 4.78 is 5.32. The first-order valence-electron chi connectivity index (χ1n) is 7.88. The number of hydrogen-bond donors (Lipinski definition) is 2. The van der Waals surface area contributed by atoms with Crippen molar-refractivity contribution in [2.24, 2.45) is 11.7 Å². The lowest BCUT2D eigenvalue weighted by Crippen LogP contribution is -2.48. The second-order valence-electron chi connectivity index (χ2n) is 6.34. The van der Waals surface area contributed by atoms with Gasteiger partial charge in [0.15, 0.2) is 0 Å². The van der Waals surface area contributed by atoms with Crippen LogP contribution < -0.4 is 11.1 Å². The van der Waals surface area contributed by atoms with Crippen LogP contribution in [0.3, 0.4) is 0 Å². The standard InChI is InChI=1S/C17H24N2O2/c18-15(13-6-10-21-11-7-13)16(20)19-12-17(8-9-17)14-4-2-1-3-5-14/h1-5,13,15H,6-12,18H2,(H,19,20). The Morgan fingerprint density at radius 2 is 1.95 bits per heavy atom. The van der Waals surface area contributed by atoms with Crippen molar-refractivity contribution in [3.05, 3.63) is 35.9 Å². The van der Waals surface area contributed by atoms with Gasteiger partial charge in [0.2, 0.25) is 5.91 Å². The number of rotatable bonds is 5. The van der Waals surface area contributed by atoms with E-state index in [1.165, 1.54) is 5.56 Å². The maximum Gasteiger partial charge on any atom is 0.237 e. The van der Waals surface area contributed by atoms with Gasteiger partial charge < -0.3 is 15.8 Å². The highest BCUT2D eigenvalue weighted by molar-refractivity contribution is 5.82. The zero-order chi connectivity index (χ0) is 14.7. The molecule has 0 aromatic heterocycles. The molecular formula is C17H24N2O2. The molecule has 1 saturated heterocycles. The van der Waals surface area contributed by atoms with Crippen LogP contribution in [-0.4, -0.2) is 31.7 Å². The summed E-state index contributed by atoms with van der Waals surface area (Å²) in [5, 5.41) is 3.08. The van der Waals surface area contributed by atoms with Crippen LogP contribution in [0.5, 0.6) is 0 Å². The van der Waals surface area contributed by atoms with Crippen molar-refractivity contribution in [3.63, 3.8) is 0 Å². The van der Waals surface area contributed by atoms with E-state index in [1.54, 1.807) is 0 Å². The summed E-state index contributed by atoms with van der Waals surface area (Å²) in [5.41, 5.74) is 7.58. The van der Waals surface area contributed by atoms with Gasteiger partial charge in [-0.2, -0.15) is 0 Å². The first kappa shape index (κ1) is 14.5. The minimum atomic E-state index is -0.402. The molecule has 114 valence electrons. The van der Waals surface area contributed by atoms with Crippen molar-refractivity contribution >= 4 is 5.91 Å². The van der Waals surface area contributed by atoms with Crippen molar-refractivity contribution in [1.82, 2.24) is 5.32 Å². The number of nitrogens with two attached hydrogens (primary N) is 1. The third kappa shape index (κ3) is 3.27. The van der Waals surface area contributed by atoms with Crippen LogP contribution in [0.4, 0.5) is 0 Å². The van der Waals surface area contributed by atoms with Crippen LogP contribution in [-0.2, 0) is 14.9 Å². The Kier molecular flexibility index (Phi) is 4.27. The molecule has 0 radical (unpaired) electrons. The van der Waals surface area contributed by atoms with Gasteiger partial charge in [-0.15, -0.1) is 0 Å². The van der Waals surface area contributed by atoms with E-state index in [1.807, 2.05) is 6.07 Å². The van der Waals surface area contributed by atoms with E-state index in [0.29, 0.717) is 6.54 Å². The van der Waals surface area contributed by atoms with Gasteiger partial charge in [0.1, 0.15) is 0 Å². The fourth-order valence-corrected chi connectivity index (χ4v) is 3.17. The molecule has 1 heterocycles. The average molecular weight is 288 g/mol. The van der Waals surface area contributed by atoms with Crippen LogP contribution in [0, 0.1) is 5.92 Å². The lowest BCUT2D eigenvalue weighted by Gasteiger charge is -2.27. The van der Waals surface area contributed by atoms with Gasteiger partial charge in [-0.1, -0.05) is 30.3 Å². The lowest BCUT2D eigenvalue weighted by atomic mass is 9.91. The Bertz CT molecular complexity index is 479. The largest absolute Gasteiger partial charge is 0.381 e. The van der Waals surface area contributed by atoms with Gasteiger partial charge in [-0.05, 0) is 37.2 Å². The molecule has 1 atom stereocenters. The Morgan fingerprint density at radius 1 is 1.29 bits per heavy atom. The monoisotopic (exact) mass is 288 g/mol. The first-order chi connectivity index (χ1) is 10.2. The van der Waals surface area contributed by atoms with Crippen molar-refractivity contribution in [2.45, 2.75) is 37.1 Å². The molecule has 21 heavy (non-hydrogen) atoms. The highest BCUT2D eigenvalue weighted by atomic mass is 16.5. The molecular weight excluding hydrogens is 264 g/mol. The van der Waals surface area contributed by atoms with E-state index in [-0.39, 0.29) is 17.2 Å². The van der Waals surface area contributed by atoms with Gasteiger partial charge in [0.05, 0.1) is 6.04 Å². The van der Waals surface area contributed by atoms with Gasteiger partial charge in [-0.3, -0.25) is 4.79 Å². The van der Waals surface area contributed by atoms with E-state index < -0.39 is 6.04 Å². The van der Waals surface area contributed by atoms with Crippen LogP contribution >= 0.6 is 0 Å². The number of ether oxygens (including phenoxy) is 1. The maximum absolute atomic E-state index is 12.3. The van der Waals surface area contributed by atoms with Crippen LogP contribution in [0.2, 0.25) is 0 Å². The molecule has 4 nitrogen and oxygen atoms in total. The van der Waals surface area contributed by atoms with E-state index in [0.717, 1.165) is 38.9 Å². The lowest BCUT2D eigenvalue weighted by molar-refractivity contribution is -0.124. The molecule has 2 aliphatic rings. The second kappa shape index (κ2) is 6.16. The van der Waals surface area contributed by atoms with Crippen molar-refractivity contribution < 1.29 is 9.53 Å². The topological polar surface area (TPSA) is 64.4 Å². The van der Waals surface area contributed by atoms with Crippen LogP contribution in [0.1, 0.15) is 31.2 Å². The summed E-state index contributed by atoms with van der Waals surface area (Å²) in [7, 11) is 0. The summed E-state index contributed by atoms with van der Waals surface area (Å²) in [4.78, 5) is 12.3. The highest BCUT2D eigenvalue weighted by Gasteiger charge is 2.44. The molecule has 3 N–H and O–H groups in total. The van der Waals surface area contributed by atoms with Gasteiger partial charge in [0.25, 0.3) is 0 Å². The fourth-order valence-electron chi connectivity index (χ4n) is 3.17. The number of hydrogen-bond acceptors (Lipinski definition) is 3. The number of nitrogens with one attached hydrogen (secondary N) is 1. The molecule has 0 bridgehead atoms. The van der Waals surface area contributed by atoms with Gasteiger partial charge in [0, 0.05) is 25.2 Å². The summed E-state index contributed by atoms with van der Waals surface area (Å²) in [6, 6.07) is 10.0. The van der Waals surface area contributed by atoms with E-state index in [9.17, 15) is 4.79 Å². The van der Waals surface area contributed by atoms with Gasteiger partial charge >= 0.3 is 0 Å². The van der Waals surface area contributed by atoms with Gasteiger partial charge in [-0.25, -0.2) is 0 Å². The molecule has 1 aromatic carbocycles. The SMILES string of the molecule is NC(C(=O)NCC1(c2ccccc2)CC1)C1CCOCC1. The third-order valence-corrected chi connectivity index (χ3v) is 4.92. The molecule has 0 spiro atoms. The molecule has 2 fully saturated rings. The number of carbonyl (C=O) groups is 1.